The van der Waals surface area contributed by atoms with Crippen LogP contribution in [0.15, 0.2) is 138 Å². The molecule has 0 saturated heterocycles. The molecule has 0 saturated carbocycles. The van der Waals surface area contributed by atoms with E-state index in [4.69, 9.17) is 14.4 Å². The van der Waals surface area contributed by atoms with Crippen LogP contribution in [0.1, 0.15) is 0 Å². The molecule has 3 heteroatoms. The van der Waals surface area contributed by atoms with Gasteiger partial charge in [0.2, 0.25) is 0 Å². The van der Waals surface area contributed by atoms with E-state index in [-0.39, 0.29) is 0 Å². The summed E-state index contributed by atoms with van der Waals surface area (Å²) in [6.07, 6.45) is 1.90. The molecule has 0 amide bonds. The van der Waals surface area contributed by atoms with Crippen LogP contribution in [0.25, 0.3) is 87.7 Å². The summed E-state index contributed by atoms with van der Waals surface area (Å²) in [5.74, 6) is 0. The second kappa shape index (κ2) is 8.48. The standard InChI is InChI=1S/C38H22N2O/c1-2-11-27-23(8-1)16-19-35-36(27)32-21-25(17-18-34(32)41-35)24-9-7-10-26(20-24)33-22-39-37-30-14-5-3-12-28(30)29-13-4-6-15-31(29)38(37)40-33/h1-22H. The molecular formula is C38H22N2O. The van der Waals surface area contributed by atoms with E-state index in [1.165, 1.54) is 21.5 Å². The molecule has 9 aromatic rings. The van der Waals surface area contributed by atoms with E-state index >= 15 is 0 Å². The average molecular weight is 523 g/mol. The van der Waals surface area contributed by atoms with Gasteiger partial charge < -0.3 is 4.42 Å². The second-order valence-corrected chi connectivity index (χ2v) is 10.6. The Kier molecular flexibility index (Phi) is 4.61. The van der Waals surface area contributed by atoms with Crippen molar-refractivity contribution in [2.45, 2.75) is 0 Å². The van der Waals surface area contributed by atoms with Gasteiger partial charge in [-0.05, 0) is 56.9 Å². The highest BCUT2D eigenvalue weighted by Crippen LogP contribution is 2.38. The SMILES string of the molecule is c1cc(-c2ccc3oc4ccc5ccccc5c4c3c2)cc(-c2cnc3c4ccccc4c4ccccc4c3n2)c1. The Bertz CT molecular complexity index is 2450. The number of aromatic nitrogens is 2. The third-order valence-electron chi connectivity index (χ3n) is 8.28. The molecule has 0 aliphatic rings. The van der Waals surface area contributed by atoms with Crippen molar-refractivity contribution in [3.8, 4) is 22.4 Å². The van der Waals surface area contributed by atoms with Crippen molar-refractivity contribution in [1.82, 2.24) is 9.97 Å². The number of benzene rings is 7. The molecule has 2 aromatic heterocycles. The van der Waals surface area contributed by atoms with Crippen LogP contribution in [-0.2, 0) is 0 Å². The maximum absolute atomic E-state index is 6.23. The summed E-state index contributed by atoms with van der Waals surface area (Å²) in [6, 6.07) is 44.7. The highest BCUT2D eigenvalue weighted by Gasteiger charge is 2.14. The topological polar surface area (TPSA) is 38.9 Å². The summed E-state index contributed by atoms with van der Waals surface area (Å²) in [7, 11) is 0. The molecule has 0 atom stereocenters. The van der Waals surface area contributed by atoms with Gasteiger partial charge in [-0.1, -0.05) is 103 Å². The van der Waals surface area contributed by atoms with E-state index < -0.39 is 0 Å². The molecule has 190 valence electrons. The molecule has 0 fully saturated rings. The van der Waals surface area contributed by atoms with Crippen LogP contribution in [-0.4, -0.2) is 9.97 Å². The summed E-state index contributed by atoms with van der Waals surface area (Å²) in [5, 5.41) is 9.36. The van der Waals surface area contributed by atoms with Gasteiger partial charge in [-0.3, -0.25) is 4.98 Å². The van der Waals surface area contributed by atoms with Gasteiger partial charge in [0.25, 0.3) is 0 Å². The minimum Gasteiger partial charge on any atom is -0.456 e. The van der Waals surface area contributed by atoms with Gasteiger partial charge in [0.05, 0.1) is 22.9 Å². The fraction of sp³-hybridized carbons (Fsp3) is 0. The Labute approximate surface area is 235 Å². The Balaban J connectivity index is 1.22. The van der Waals surface area contributed by atoms with Crippen molar-refractivity contribution in [3.63, 3.8) is 0 Å². The zero-order chi connectivity index (χ0) is 26.9. The maximum Gasteiger partial charge on any atom is 0.136 e. The number of hydrogen-bond acceptors (Lipinski definition) is 3. The Morgan fingerprint density at radius 1 is 0.439 bits per heavy atom. The lowest BCUT2D eigenvalue weighted by atomic mass is 9.98. The molecule has 0 radical (unpaired) electrons. The number of nitrogens with zero attached hydrogens (tertiary/aromatic N) is 2. The van der Waals surface area contributed by atoms with Crippen LogP contribution in [0.3, 0.4) is 0 Å². The Morgan fingerprint density at radius 3 is 1.93 bits per heavy atom. The fourth-order valence-corrected chi connectivity index (χ4v) is 6.35. The van der Waals surface area contributed by atoms with E-state index in [9.17, 15) is 0 Å². The quantitative estimate of drug-likeness (QED) is 0.212. The zero-order valence-electron chi connectivity index (χ0n) is 22.0. The molecule has 0 spiro atoms. The largest absolute Gasteiger partial charge is 0.456 e. The normalized spacial score (nSPS) is 11.9. The third kappa shape index (κ3) is 3.33. The highest BCUT2D eigenvalue weighted by atomic mass is 16.3. The number of rotatable bonds is 2. The smallest absolute Gasteiger partial charge is 0.136 e. The molecule has 0 bridgehead atoms. The molecule has 9 rings (SSSR count). The molecular weight excluding hydrogens is 500 g/mol. The van der Waals surface area contributed by atoms with Crippen molar-refractivity contribution in [1.29, 1.82) is 0 Å². The van der Waals surface area contributed by atoms with Crippen LogP contribution in [0.2, 0.25) is 0 Å². The van der Waals surface area contributed by atoms with Crippen molar-refractivity contribution >= 4 is 65.3 Å². The number of hydrogen-bond donors (Lipinski definition) is 0. The molecule has 0 aliphatic carbocycles. The van der Waals surface area contributed by atoms with Crippen molar-refractivity contribution in [2.24, 2.45) is 0 Å². The molecule has 0 N–H and O–H groups in total. The summed E-state index contributed by atoms with van der Waals surface area (Å²) >= 11 is 0. The first kappa shape index (κ1) is 22.3. The Morgan fingerprint density at radius 2 is 1.10 bits per heavy atom. The summed E-state index contributed by atoms with van der Waals surface area (Å²) in [5.41, 5.74) is 7.84. The van der Waals surface area contributed by atoms with Gasteiger partial charge >= 0.3 is 0 Å². The summed E-state index contributed by atoms with van der Waals surface area (Å²) in [6.45, 7) is 0. The van der Waals surface area contributed by atoms with Crippen LogP contribution in [0.5, 0.6) is 0 Å². The zero-order valence-corrected chi connectivity index (χ0v) is 22.0. The van der Waals surface area contributed by atoms with E-state index in [1.54, 1.807) is 0 Å². The van der Waals surface area contributed by atoms with E-state index in [0.717, 1.165) is 66.1 Å². The van der Waals surface area contributed by atoms with Crippen LogP contribution < -0.4 is 0 Å². The molecule has 41 heavy (non-hydrogen) atoms. The third-order valence-corrected chi connectivity index (χ3v) is 8.28. The highest BCUT2D eigenvalue weighted by molar-refractivity contribution is 6.23. The van der Waals surface area contributed by atoms with Gasteiger partial charge in [0, 0.05) is 27.1 Å². The maximum atomic E-state index is 6.23. The molecule has 2 heterocycles. The van der Waals surface area contributed by atoms with Gasteiger partial charge in [-0.15, -0.1) is 0 Å². The van der Waals surface area contributed by atoms with E-state index in [2.05, 4.69) is 127 Å². The lowest BCUT2D eigenvalue weighted by Crippen LogP contribution is -1.92. The van der Waals surface area contributed by atoms with Crippen LogP contribution in [0, 0.1) is 0 Å². The molecule has 0 unspecified atom stereocenters. The number of fused-ring (bicyclic) bond motifs is 11. The minimum atomic E-state index is 0.862. The Hall–Kier alpha value is -5.54. The monoisotopic (exact) mass is 522 g/mol. The first-order valence-electron chi connectivity index (χ1n) is 13.8. The minimum absolute atomic E-state index is 0.862. The lowest BCUT2D eigenvalue weighted by Gasteiger charge is -2.11. The predicted octanol–water partition coefficient (Wildman–Crippen LogP) is 10.3. The van der Waals surface area contributed by atoms with Gasteiger partial charge in [0.1, 0.15) is 11.2 Å². The van der Waals surface area contributed by atoms with Gasteiger partial charge in [-0.25, -0.2) is 4.98 Å². The predicted molar refractivity (Wildman–Crippen MR) is 170 cm³/mol. The van der Waals surface area contributed by atoms with Crippen molar-refractivity contribution < 1.29 is 4.42 Å². The van der Waals surface area contributed by atoms with Crippen molar-refractivity contribution in [3.05, 3.63) is 134 Å². The fourth-order valence-electron chi connectivity index (χ4n) is 6.35. The molecule has 3 nitrogen and oxygen atoms in total. The average Bonchev–Trinajstić information content (AvgIpc) is 3.43. The molecule has 7 aromatic carbocycles. The van der Waals surface area contributed by atoms with Crippen LogP contribution >= 0.6 is 0 Å². The number of furan rings is 1. The van der Waals surface area contributed by atoms with Crippen molar-refractivity contribution in [2.75, 3.05) is 0 Å². The second-order valence-electron chi connectivity index (χ2n) is 10.6. The first-order chi connectivity index (χ1) is 20.3. The van der Waals surface area contributed by atoms with E-state index in [0.29, 0.717) is 0 Å². The first-order valence-corrected chi connectivity index (χ1v) is 13.8. The van der Waals surface area contributed by atoms with Gasteiger partial charge in [-0.2, -0.15) is 0 Å². The van der Waals surface area contributed by atoms with E-state index in [1.807, 2.05) is 6.20 Å². The lowest BCUT2D eigenvalue weighted by molar-refractivity contribution is 0.669. The molecule has 0 aliphatic heterocycles. The van der Waals surface area contributed by atoms with Gasteiger partial charge in [0.15, 0.2) is 0 Å². The summed E-state index contributed by atoms with van der Waals surface area (Å²) in [4.78, 5) is 10.2. The van der Waals surface area contributed by atoms with Crippen LogP contribution in [0.4, 0.5) is 0 Å². The summed E-state index contributed by atoms with van der Waals surface area (Å²) < 4.78 is 6.23.